The van der Waals surface area contributed by atoms with E-state index in [1.807, 2.05) is 0 Å². The predicted molar refractivity (Wildman–Crippen MR) is 163 cm³/mol. The van der Waals surface area contributed by atoms with Crippen molar-refractivity contribution in [3.63, 3.8) is 0 Å². The van der Waals surface area contributed by atoms with Crippen LogP contribution in [0.15, 0.2) is 46.8 Å². The van der Waals surface area contributed by atoms with Gasteiger partial charge in [0, 0.05) is 48.4 Å². The molecule has 0 saturated carbocycles. The fourth-order valence-corrected chi connectivity index (χ4v) is 7.36. The van der Waals surface area contributed by atoms with Crippen LogP contribution < -0.4 is 29.7 Å². The molecule has 1 fully saturated rings. The molecule has 9 nitrogen and oxygen atoms in total. The third-order valence-corrected chi connectivity index (χ3v) is 10.0. The van der Waals surface area contributed by atoms with Gasteiger partial charge in [0.05, 0.1) is 31.5 Å². The number of thiazole rings is 1. The number of hydrogen-bond donors (Lipinski definition) is 3. The number of methoxy groups -OCH3 is 2. The highest BCUT2D eigenvalue weighted by molar-refractivity contribution is 7.93. The van der Waals surface area contributed by atoms with Crippen molar-refractivity contribution >= 4 is 43.8 Å². The molecule has 3 N–H and O–H groups in total. The first-order chi connectivity index (χ1) is 19.7. The van der Waals surface area contributed by atoms with Gasteiger partial charge in [0.25, 0.3) is 10.0 Å². The molecule has 2 atom stereocenters. The summed E-state index contributed by atoms with van der Waals surface area (Å²) in [4.78, 5) is 3.65. The summed E-state index contributed by atoms with van der Waals surface area (Å²) < 4.78 is 54.8. The third kappa shape index (κ3) is 8.01. The zero-order valence-electron chi connectivity index (χ0n) is 23.5. The highest BCUT2D eigenvalue weighted by Crippen LogP contribution is 2.35. The molecule has 3 aromatic rings. The lowest BCUT2D eigenvalue weighted by Crippen LogP contribution is -2.38. The Morgan fingerprint density at radius 1 is 1.27 bits per heavy atom. The Hall–Kier alpha value is -2.64. The highest BCUT2D eigenvalue weighted by atomic mass is 35.5. The topological polar surface area (TPSA) is 105 Å². The lowest BCUT2D eigenvalue weighted by molar-refractivity contribution is 0.391. The van der Waals surface area contributed by atoms with Crippen LogP contribution in [0.1, 0.15) is 38.2 Å². The number of hydrogen-bond acceptors (Lipinski definition) is 9. The van der Waals surface area contributed by atoms with Gasteiger partial charge < -0.3 is 25.4 Å². The molecule has 0 spiro atoms. The minimum Gasteiger partial charge on any atom is -0.497 e. The molecule has 4 rings (SSSR count). The van der Waals surface area contributed by atoms with Gasteiger partial charge in [0.2, 0.25) is 0 Å². The van der Waals surface area contributed by atoms with Crippen LogP contribution in [0.2, 0.25) is 5.02 Å². The van der Waals surface area contributed by atoms with Crippen molar-refractivity contribution in [3.05, 3.63) is 58.3 Å². The van der Waals surface area contributed by atoms with Crippen LogP contribution in [0.4, 0.5) is 15.2 Å². The van der Waals surface area contributed by atoms with E-state index in [0.29, 0.717) is 41.4 Å². The molecule has 1 aromatic heterocycles. The van der Waals surface area contributed by atoms with E-state index in [9.17, 15) is 8.42 Å². The molecule has 2 unspecified atom stereocenters. The fourth-order valence-electron chi connectivity index (χ4n) is 4.72. The number of sulfonamides is 1. The maximum absolute atomic E-state index is 15.4. The molecule has 2 heterocycles. The Bertz CT molecular complexity index is 1390. The van der Waals surface area contributed by atoms with Gasteiger partial charge >= 0.3 is 0 Å². The van der Waals surface area contributed by atoms with Crippen LogP contribution in [-0.4, -0.2) is 59.3 Å². The third-order valence-electron chi connectivity index (χ3n) is 7.03. The first-order valence-corrected chi connectivity index (χ1v) is 16.3. The fraction of sp³-hybridized carbons (Fsp3) is 0.464. The lowest BCUT2D eigenvalue weighted by atomic mass is 10.1. The Morgan fingerprint density at radius 3 is 2.78 bits per heavy atom. The van der Waals surface area contributed by atoms with Crippen LogP contribution in [0.5, 0.6) is 11.5 Å². The van der Waals surface area contributed by atoms with Crippen molar-refractivity contribution in [2.24, 2.45) is 0 Å². The van der Waals surface area contributed by atoms with E-state index in [4.69, 9.17) is 21.1 Å². The maximum Gasteiger partial charge on any atom is 0.269 e. The number of rotatable bonds is 15. The molecule has 41 heavy (non-hydrogen) atoms. The quantitative estimate of drug-likeness (QED) is 0.196. The highest BCUT2D eigenvalue weighted by Gasteiger charge is 2.31. The van der Waals surface area contributed by atoms with Crippen LogP contribution >= 0.6 is 22.9 Å². The summed E-state index contributed by atoms with van der Waals surface area (Å²) in [5, 5.41) is 12.1. The van der Waals surface area contributed by atoms with Crippen LogP contribution in [0, 0.1) is 5.82 Å². The minimum atomic E-state index is -4.39. The van der Waals surface area contributed by atoms with E-state index >= 15 is 4.39 Å². The molecule has 1 aliphatic heterocycles. The van der Waals surface area contributed by atoms with Crippen LogP contribution in [-0.2, 0) is 16.6 Å². The van der Waals surface area contributed by atoms with E-state index in [0.717, 1.165) is 53.7 Å². The number of halogens is 2. The first-order valence-electron chi connectivity index (χ1n) is 13.6. The first kappa shape index (κ1) is 31.3. The molecule has 0 bridgehead atoms. The van der Waals surface area contributed by atoms with E-state index < -0.39 is 20.7 Å². The normalized spacial score (nSPS) is 16.0. The number of ether oxygens (including phenoxy) is 2. The van der Waals surface area contributed by atoms with Gasteiger partial charge in [-0.1, -0.05) is 11.6 Å². The average molecular weight is 626 g/mol. The van der Waals surface area contributed by atoms with Crippen molar-refractivity contribution < 1.29 is 22.3 Å². The smallest absolute Gasteiger partial charge is 0.269 e. The summed E-state index contributed by atoms with van der Waals surface area (Å²) in [6.45, 7) is 4.62. The summed E-state index contributed by atoms with van der Waals surface area (Å²) >= 11 is 7.59. The molecular formula is C28H37ClFN5O4S2. The Labute approximate surface area is 250 Å². The van der Waals surface area contributed by atoms with E-state index in [2.05, 4.69) is 27.9 Å². The summed E-state index contributed by atoms with van der Waals surface area (Å²) in [5.74, 6) is 0.0837. The molecule has 0 amide bonds. The predicted octanol–water partition coefficient (Wildman–Crippen LogP) is 5.27. The summed E-state index contributed by atoms with van der Waals surface area (Å²) in [7, 11) is -1.38. The molecule has 13 heteroatoms. The van der Waals surface area contributed by atoms with Gasteiger partial charge in [-0.05, 0) is 63.4 Å². The van der Waals surface area contributed by atoms with Crippen molar-refractivity contribution in [2.45, 2.75) is 56.1 Å². The van der Waals surface area contributed by atoms with Gasteiger partial charge in [-0.15, -0.1) is 11.3 Å². The Kier molecular flexibility index (Phi) is 11.1. The Balaban J connectivity index is 1.45. The van der Waals surface area contributed by atoms with Crippen LogP contribution in [0.3, 0.4) is 0 Å². The van der Waals surface area contributed by atoms with E-state index in [1.54, 1.807) is 23.6 Å². The lowest BCUT2D eigenvalue weighted by Gasteiger charge is -2.24. The Morgan fingerprint density at radius 2 is 2.10 bits per heavy atom. The molecule has 1 saturated heterocycles. The molecular weight excluding hydrogens is 589 g/mol. The van der Waals surface area contributed by atoms with E-state index in [1.165, 1.54) is 33.3 Å². The summed E-state index contributed by atoms with van der Waals surface area (Å²) in [6, 6.07) is 8.23. The van der Waals surface area contributed by atoms with Gasteiger partial charge in [0.15, 0.2) is 5.13 Å². The molecule has 1 aliphatic rings. The van der Waals surface area contributed by atoms with E-state index in [-0.39, 0.29) is 16.7 Å². The number of anilines is 2. The SMILES string of the molecule is COc1ccc(CN(c2nccs2)S(=O)(=O)c2cc(Cl)c(NCCCC(C)NCC3CCCN3)cc2F)c(OC)c1. The second-order valence-corrected chi connectivity index (χ2v) is 13.0. The summed E-state index contributed by atoms with van der Waals surface area (Å²) in [6.07, 6.45) is 5.69. The molecule has 224 valence electrons. The second-order valence-electron chi connectivity index (χ2n) is 9.94. The van der Waals surface area contributed by atoms with Crippen LogP contribution in [0.25, 0.3) is 0 Å². The number of aromatic nitrogens is 1. The average Bonchev–Trinajstić information content (AvgIpc) is 3.69. The van der Waals surface area contributed by atoms with Crippen molar-refractivity contribution in [3.8, 4) is 11.5 Å². The van der Waals surface area contributed by atoms with Crippen molar-refractivity contribution in [1.82, 2.24) is 15.6 Å². The maximum atomic E-state index is 15.4. The number of nitrogens with zero attached hydrogens (tertiary/aromatic N) is 2. The van der Waals surface area contributed by atoms with Crippen molar-refractivity contribution in [1.29, 1.82) is 0 Å². The number of nitrogens with one attached hydrogen (secondary N) is 3. The standard InChI is InChI=1S/C28H37ClFN5O4S2/c1-19(34-17-21-7-5-10-31-21)6-4-11-32-25-16-24(30)27(15-23(25)29)41(36,37)35(28-33-12-13-40-28)18-20-8-9-22(38-2)14-26(20)39-3/h8-9,12-16,19,21,31-32,34H,4-7,10-11,17-18H2,1-3H3. The monoisotopic (exact) mass is 625 g/mol. The molecule has 0 aliphatic carbocycles. The molecule has 0 radical (unpaired) electrons. The largest absolute Gasteiger partial charge is 0.497 e. The molecule has 2 aromatic carbocycles. The summed E-state index contributed by atoms with van der Waals surface area (Å²) in [5.41, 5.74) is 0.900. The zero-order chi connectivity index (χ0) is 29.4. The zero-order valence-corrected chi connectivity index (χ0v) is 25.8. The minimum absolute atomic E-state index is 0.115. The van der Waals surface area contributed by atoms with Gasteiger partial charge in [0.1, 0.15) is 22.2 Å². The van der Waals surface area contributed by atoms with Gasteiger partial charge in [-0.3, -0.25) is 0 Å². The van der Waals surface area contributed by atoms with Crippen molar-refractivity contribution in [2.75, 3.05) is 43.5 Å². The number of benzene rings is 2. The second kappa shape index (κ2) is 14.5. The van der Waals surface area contributed by atoms with Gasteiger partial charge in [-0.25, -0.2) is 22.1 Å². The van der Waals surface area contributed by atoms with Gasteiger partial charge in [-0.2, -0.15) is 0 Å².